The molecule has 0 aliphatic rings. The lowest BCUT2D eigenvalue weighted by Gasteiger charge is -2.16. The van der Waals surface area contributed by atoms with E-state index in [1.165, 1.54) is 0 Å². The summed E-state index contributed by atoms with van der Waals surface area (Å²) in [7, 11) is -3.41. The minimum absolute atomic E-state index is 0.248. The van der Waals surface area contributed by atoms with Crippen LogP contribution in [0.2, 0.25) is 0 Å². The zero-order chi connectivity index (χ0) is 16.6. The van der Waals surface area contributed by atoms with E-state index in [1.807, 2.05) is 0 Å². The Labute approximate surface area is 133 Å². The number of rotatable bonds is 9. The maximum atomic E-state index is 12.3. The van der Waals surface area contributed by atoms with E-state index in [2.05, 4.69) is 23.9 Å². The zero-order valence-electron chi connectivity index (χ0n) is 13.6. The van der Waals surface area contributed by atoms with Crippen molar-refractivity contribution in [2.45, 2.75) is 39.5 Å². The predicted octanol–water partition coefficient (Wildman–Crippen LogP) is 3.00. The van der Waals surface area contributed by atoms with E-state index in [0.29, 0.717) is 23.7 Å². The van der Waals surface area contributed by atoms with E-state index >= 15 is 0 Å². The van der Waals surface area contributed by atoms with Crippen LogP contribution in [0.3, 0.4) is 0 Å². The number of carbonyl (C=O) groups is 1. The Morgan fingerprint density at radius 2 is 1.91 bits per heavy atom. The molecule has 0 heterocycles. The summed E-state index contributed by atoms with van der Waals surface area (Å²) >= 11 is 0. The summed E-state index contributed by atoms with van der Waals surface area (Å²) in [6.45, 7) is 4.88. The van der Waals surface area contributed by atoms with E-state index in [9.17, 15) is 13.2 Å². The standard InChI is InChI=1S/C16H26N2O3S/c1-4-6-9-13(5-2)12-17-16(19)14-10-7-8-11-15(14)18-22(3,20)21/h7-8,10-11,13,18H,4-6,9,12H2,1-3H3,(H,17,19)/t13-/m1/s1. The van der Waals surface area contributed by atoms with Gasteiger partial charge in [0.2, 0.25) is 10.0 Å². The number of amides is 1. The summed E-state index contributed by atoms with van der Waals surface area (Å²) in [5.74, 6) is 0.209. The van der Waals surface area contributed by atoms with Crippen LogP contribution in [-0.2, 0) is 10.0 Å². The van der Waals surface area contributed by atoms with Gasteiger partial charge >= 0.3 is 0 Å². The Morgan fingerprint density at radius 1 is 1.23 bits per heavy atom. The number of anilines is 1. The molecule has 1 aromatic carbocycles. The monoisotopic (exact) mass is 326 g/mol. The van der Waals surface area contributed by atoms with Crippen LogP contribution in [0.15, 0.2) is 24.3 Å². The van der Waals surface area contributed by atoms with Crippen molar-refractivity contribution < 1.29 is 13.2 Å². The number of hydrogen-bond acceptors (Lipinski definition) is 3. The number of carbonyl (C=O) groups excluding carboxylic acids is 1. The average molecular weight is 326 g/mol. The van der Waals surface area contributed by atoms with Crippen LogP contribution >= 0.6 is 0 Å². The lowest BCUT2D eigenvalue weighted by atomic mass is 9.99. The molecule has 6 heteroatoms. The molecular formula is C16H26N2O3S. The van der Waals surface area contributed by atoms with Gasteiger partial charge < -0.3 is 5.32 Å². The first-order chi connectivity index (χ1) is 10.4. The van der Waals surface area contributed by atoms with Crippen LogP contribution in [0.4, 0.5) is 5.69 Å². The molecule has 0 aliphatic carbocycles. The Balaban J connectivity index is 2.73. The third-order valence-electron chi connectivity index (χ3n) is 3.56. The van der Waals surface area contributed by atoms with Gasteiger partial charge in [0.15, 0.2) is 0 Å². The molecule has 0 unspecified atom stereocenters. The average Bonchev–Trinajstić information content (AvgIpc) is 2.46. The molecule has 1 atom stereocenters. The van der Waals surface area contributed by atoms with Gasteiger partial charge in [-0.15, -0.1) is 0 Å². The minimum Gasteiger partial charge on any atom is -0.352 e. The van der Waals surface area contributed by atoms with Gasteiger partial charge in [0.25, 0.3) is 5.91 Å². The quantitative estimate of drug-likeness (QED) is 0.732. The Hall–Kier alpha value is -1.56. The molecule has 0 bridgehead atoms. The van der Waals surface area contributed by atoms with Crippen LogP contribution in [0, 0.1) is 5.92 Å². The van der Waals surface area contributed by atoms with Gasteiger partial charge in [-0.2, -0.15) is 0 Å². The molecule has 0 saturated heterocycles. The van der Waals surface area contributed by atoms with Crippen LogP contribution in [-0.4, -0.2) is 27.1 Å². The van der Waals surface area contributed by atoms with Crippen molar-refractivity contribution in [1.82, 2.24) is 5.32 Å². The molecule has 5 nitrogen and oxygen atoms in total. The Bertz CT molecular complexity index is 585. The second kappa shape index (κ2) is 8.78. The number of nitrogens with one attached hydrogen (secondary N) is 2. The van der Waals surface area contributed by atoms with Crippen LogP contribution in [0.1, 0.15) is 49.9 Å². The molecule has 0 aliphatic heterocycles. The highest BCUT2D eigenvalue weighted by molar-refractivity contribution is 7.92. The minimum atomic E-state index is -3.41. The fourth-order valence-electron chi connectivity index (χ4n) is 2.25. The molecule has 0 radical (unpaired) electrons. The summed E-state index contributed by atoms with van der Waals surface area (Å²) in [5, 5.41) is 2.91. The smallest absolute Gasteiger partial charge is 0.253 e. The second-order valence-corrected chi connectivity index (χ2v) is 7.29. The summed E-state index contributed by atoms with van der Waals surface area (Å²) in [6, 6.07) is 6.62. The van der Waals surface area contributed by atoms with Crippen molar-refractivity contribution >= 4 is 21.6 Å². The molecule has 2 N–H and O–H groups in total. The van der Waals surface area contributed by atoms with E-state index in [4.69, 9.17) is 0 Å². The van der Waals surface area contributed by atoms with E-state index < -0.39 is 10.0 Å². The summed E-state index contributed by atoms with van der Waals surface area (Å²) in [5.41, 5.74) is 0.655. The van der Waals surface area contributed by atoms with Crippen LogP contribution in [0.25, 0.3) is 0 Å². The van der Waals surface area contributed by atoms with Crippen molar-refractivity contribution in [2.24, 2.45) is 5.92 Å². The van der Waals surface area contributed by atoms with Gasteiger partial charge in [0.05, 0.1) is 17.5 Å². The third-order valence-corrected chi connectivity index (χ3v) is 4.15. The molecule has 1 rings (SSSR count). The first-order valence-corrected chi connectivity index (χ1v) is 9.61. The van der Waals surface area contributed by atoms with Crippen molar-refractivity contribution in [1.29, 1.82) is 0 Å². The number of sulfonamides is 1. The SMILES string of the molecule is CCCC[C@@H](CC)CNC(=O)c1ccccc1NS(C)(=O)=O. The number of unbranched alkanes of at least 4 members (excludes halogenated alkanes) is 1. The summed E-state index contributed by atoms with van der Waals surface area (Å²) in [4.78, 5) is 12.3. The second-order valence-electron chi connectivity index (χ2n) is 5.55. The lowest BCUT2D eigenvalue weighted by Crippen LogP contribution is -2.30. The van der Waals surface area contributed by atoms with Gasteiger partial charge in [0.1, 0.15) is 0 Å². The van der Waals surface area contributed by atoms with Crippen molar-refractivity contribution in [2.75, 3.05) is 17.5 Å². The number of benzene rings is 1. The van der Waals surface area contributed by atoms with Crippen molar-refractivity contribution in [3.63, 3.8) is 0 Å². The molecule has 0 saturated carbocycles. The number of para-hydroxylation sites is 1. The number of hydrogen-bond donors (Lipinski definition) is 2. The molecule has 22 heavy (non-hydrogen) atoms. The van der Waals surface area contributed by atoms with Gasteiger partial charge in [-0.25, -0.2) is 8.42 Å². The highest BCUT2D eigenvalue weighted by Gasteiger charge is 2.15. The Morgan fingerprint density at radius 3 is 2.50 bits per heavy atom. The molecule has 0 fully saturated rings. The molecular weight excluding hydrogens is 300 g/mol. The normalized spacial score (nSPS) is 12.7. The predicted molar refractivity (Wildman–Crippen MR) is 90.5 cm³/mol. The van der Waals surface area contributed by atoms with E-state index in [1.54, 1.807) is 24.3 Å². The maximum Gasteiger partial charge on any atom is 0.253 e. The topological polar surface area (TPSA) is 75.3 Å². The highest BCUT2D eigenvalue weighted by atomic mass is 32.2. The zero-order valence-corrected chi connectivity index (χ0v) is 14.4. The maximum absolute atomic E-state index is 12.3. The summed E-state index contributed by atoms with van der Waals surface area (Å²) < 4.78 is 25.1. The van der Waals surface area contributed by atoms with Gasteiger partial charge in [-0.05, 0) is 24.5 Å². The Kier molecular flexibility index (Phi) is 7.38. The molecule has 124 valence electrons. The lowest BCUT2D eigenvalue weighted by molar-refractivity contribution is 0.0946. The van der Waals surface area contributed by atoms with Crippen molar-refractivity contribution in [3.05, 3.63) is 29.8 Å². The molecule has 1 aromatic rings. The van der Waals surface area contributed by atoms with E-state index in [-0.39, 0.29) is 5.91 Å². The van der Waals surface area contributed by atoms with Crippen LogP contribution in [0.5, 0.6) is 0 Å². The van der Waals surface area contributed by atoms with Crippen molar-refractivity contribution in [3.8, 4) is 0 Å². The highest BCUT2D eigenvalue weighted by Crippen LogP contribution is 2.17. The molecule has 0 spiro atoms. The van der Waals surface area contributed by atoms with Crippen LogP contribution < -0.4 is 10.0 Å². The third kappa shape index (κ3) is 6.47. The van der Waals surface area contributed by atoms with Gasteiger partial charge in [0, 0.05) is 6.54 Å². The largest absolute Gasteiger partial charge is 0.352 e. The fraction of sp³-hybridized carbons (Fsp3) is 0.562. The van der Waals surface area contributed by atoms with E-state index in [0.717, 1.165) is 31.9 Å². The fourth-order valence-corrected chi connectivity index (χ4v) is 2.82. The first-order valence-electron chi connectivity index (χ1n) is 7.72. The molecule has 0 aromatic heterocycles. The van der Waals surface area contributed by atoms with Gasteiger partial charge in [-0.1, -0.05) is 45.2 Å². The summed E-state index contributed by atoms with van der Waals surface area (Å²) in [6.07, 6.45) is 5.48. The first kappa shape index (κ1) is 18.5. The molecule has 1 amide bonds. The van der Waals surface area contributed by atoms with Gasteiger partial charge in [-0.3, -0.25) is 9.52 Å².